The van der Waals surface area contributed by atoms with E-state index in [1.165, 1.54) is 5.56 Å². The van der Waals surface area contributed by atoms with Gasteiger partial charge in [-0.05, 0) is 24.1 Å². The van der Waals surface area contributed by atoms with E-state index in [2.05, 4.69) is 0 Å². The fourth-order valence-electron chi connectivity index (χ4n) is 1.32. The van der Waals surface area contributed by atoms with Crippen LogP contribution >= 0.6 is 0 Å². The molecule has 2 nitrogen and oxygen atoms in total. The summed E-state index contributed by atoms with van der Waals surface area (Å²) in [5.41, 5.74) is 6.92. The van der Waals surface area contributed by atoms with Gasteiger partial charge in [0.2, 0.25) is 0 Å². The number of hydrogen-bond donors (Lipinski definition) is 2. The van der Waals surface area contributed by atoms with Crippen molar-refractivity contribution in [2.75, 3.05) is 0 Å². The zero-order valence-corrected chi connectivity index (χ0v) is 6.20. The van der Waals surface area contributed by atoms with Gasteiger partial charge in [-0.2, -0.15) is 0 Å². The number of hydrogen-bond acceptors (Lipinski definition) is 2. The second kappa shape index (κ2) is 2.24. The summed E-state index contributed by atoms with van der Waals surface area (Å²) in [5, 5.41) is 8.99. The first-order valence-electron chi connectivity index (χ1n) is 3.82. The predicted molar refractivity (Wildman–Crippen MR) is 43.4 cm³/mol. The Labute approximate surface area is 65.7 Å². The van der Waals surface area contributed by atoms with Gasteiger partial charge in [0.15, 0.2) is 0 Å². The number of nitrogens with two attached hydrogens (primary N) is 1. The molecule has 1 fully saturated rings. The number of benzene rings is 1. The predicted octanol–water partition coefficient (Wildman–Crippen LogP) is 1.21. The van der Waals surface area contributed by atoms with Crippen molar-refractivity contribution in [1.29, 1.82) is 0 Å². The summed E-state index contributed by atoms with van der Waals surface area (Å²) in [6.45, 7) is 0. The normalized spacial score (nSPS) is 28.5. The molecule has 0 unspecified atom stereocenters. The minimum absolute atomic E-state index is 0.322. The minimum atomic E-state index is 0.322. The summed E-state index contributed by atoms with van der Waals surface area (Å²) in [6.07, 6.45) is 1.09. The quantitative estimate of drug-likeness (QED) is 0.630. The molecule has 1 aromatic carbocycles. The van der Waals surface area contributed by atoms with Crippen LogP contribution in [-0.4, -0.2) is 11.1 Å². The van der Waals surface area contributed by atoms with Crippen molar-refractivity contribution in [3.05, 3.63) is 29.8 Å². The molecular formula is C9H11NO. The zero-order chi connectivity index (χ0) is 7.84. The van der Waals surface area contributed by atoms with Crippen LogP contribution in [0, 0.1) is 0 Å². The maximum Gasteiger partial charge on any atom is 0.115 e. The van der Waals surface area contributed by atoms with Crippen molar-refractivity contribution >= 4 is 0 Å². The molecular weight excluding hydrogens is 138 g/mol. The smallest absolute Gasteiger partial charge is 0.115 e. The van der Waals surface area contributed by atoms with E-state index in [1.807, 2.05) is 12.1 Å². The van der Waals surface area contributed by atoms with E-state index >= 15 is 0 Å². The summed E-state index contributed by atoms with van der Waals surface area (Å²) in [7, 11) is 0. The van der Waals surface area contributed by atoms with Crippen molar-refractivity contribution in [3.8, 4) is 5.75 Å². The van der Waals surface area contributed by atoms with Crippen LogP contribution in [0.25, 0.3) is 0 Å². The number of phenolic OH excluding ortho intramolecular Hbond substituents is 1. The Morgan fingerprint density at radius 1 is 1.27 bits per heavy atom. The Kier molecular flexibility index (Phi) is 1.36. The first-order valence-corrected chi connectivity index (χ1v) is 3.82. The summed E-state index contributed by atoms with van der Waals surface area (Å²) in [5.74, 6) is 0.860. The number of rotatable bonds is 1. The van der Waals surface area contributed by atoms with E-state index in [4.69, 9.17) is 10.8 Å². The van der Waals surface area contributed by atoms with Crippen molar-refractivity contribution in [2.45, 2.75) is 18.4 Å². The highest BCUT2D eigenvalue weighted by Gasteiger charge is 2.34. The average Bonchev–Trinajstić information content (AvgIpc) is 2.69. The van der Waals surface area contributed by atoms with Crippen LogP contribution in [0.15, 0.2) is 24.3 Å². The van der Waals surface area contributed by atoms with Crippen LogP contribution in [0.1, 0.15) is 17.9 Å². The van der Waals surface area contributed by atoms with Gasteiger partial charge < -0.3 is 10.8 Å². The molecule has 3 N–H and O–H groups in total. The Morgan fingerprint density at radius 3 is 2.27 bits per heavy atom. The molecule has 1 aliphatic carbocycles. The van der Waals surface area contributed by atoms with E-state index in [-0.39, 0.29) is 0 Å². The third kappa shape index (κ3) is 1.21. The molecule has 1 aromatic rings. The Bertz CT molecular complexity index is 255. The van der Waals surface area contributed by atoms with Gasteiger partial charge in [0.25, 0.3) is 0 Å². The maximum absolute atomic E-state index is 8.99. The topological polar surface area (TPSA) is 46.2 Å². The molecule has 0 aliphatic heterocycles. The van der Waals surface area contributed by atoms with Gasteiger partial charge in [0, 0.05) is 12.0 Å². The van der Waals surface area contributed by atoms with Gasteiger partial charge in [-0.15, -0.1) is 0 Å². The van der Waals surface area contributed by atoms with Crippen molar-refractivity contribution in [2.24, 2.45) is 5.73 Å². The van der Waals surface area contributed by atoms with E-state index in [0.717, 1.165) is 6.42 Å². The van der Waals surface area contributed by atoms with Gasteiger partial charge in [-0.3, -0.25) is 0 Å². The molecule has 2 atom stereocenters. The molecule has 0 saturated heterocycles. The lowest BCUT2D eigenvalue weighted by Crippen LogP contribution is -2.00. The minimum Gasteiger partial charge on any atom is -0.508 e. The molecule has 0 radical (unpaired) electrons. The lowest BCUT2D eigenvalue weighted by atomic mass is 10.1. The Hall–Kier alpha value is -1.02. The van der Waals surface area contributed by atoms with E-state index in [9.17, 15) is 0 Å². The van der Waals surface area contributed by atoms with Crippen LogP contribution in [0.2, 0.25) is 0 Å². The van der Waals surface area contributed by atoms with Crippen LogP contribution in [0.4, 0.5) is 0 Å². The SMILES string of the molecule is N[C@H]1C[C@H]1c1ccc(O)cc1. The molecule has 0 amide bonds. The van der Waals surface area contributed by atoms with E-state index in [0.29, 0.717) is 17.7 Å². The largest absolute Gasteiger partial charge is 0.508 e. The van der Waals surface area contributed by atoms with Crippen LogP contribution < -0.4 is 5.73 Å². The molecule has 58 valence electrons. The highest BCUT2D eigenvalue weighted by molar-refractivity contribution is 5.32. The van der Waals surface area contributed by atoms with Crippen molar-refractivity contribution < 1.29 is 5.11 Å². The zero-order valence-electron chi connectivity index (χ0n) is 6.20. The van der Waals surface area contributed by atoms with Gasteiger partial charge in [-0.1, -0.05) is 12.1 Å². The van der Waals surface area contributed by atoms with Crippen LogP contribution in [0.5, 0.6) is 5.75 Å². The van der Waals surface area contributed by atoms with Gasteiger partial charge in [0.1, 0.15) is 5.75 Å². The first kappa shape index (κ1) is 6.68. The van der Waals surface area contributed by atoms with E-state index < -0.39 is 0 Å². The summed E-state index contributed by atoms with van der Waals surface area (Å²) in [4.78, 5) is 0. The molecule has 0 heterocycles. The molecule has 1 saturated carbocycles. The van der Waals surface area contributed by atoms with Gasteiger partial charge in [0.05, 0.1) is 0 Å². The Balaban J connectivity index is 2.21. The van der Waals surface area contributed by atoms with Gasteiger partial charge >= 0.3 is 0 Å². The standard InChI is InChI=1S/C9H11NO/c10-9-5-8(9)6-1-3-7(11)4-2-6/h1-4,8-9,11H,5,10H2/t8-,9-/m0/s1. The van der Waals surface area contributed by atoms with Crippen molar-refractivity contribution in [1.82, 2.24) is 0 Å². The third-order valence-electron chi connectivity index (χ3n) is 2.16. The molecule has 2 rings (SSSR count). The molecule has 11 heavy (non-hydrogen) atoms. The summed E-state index contributed by atoms with van der Waals surface area (Å²) in [6, 6.07) is 7.64. The molecule has 0 spiro atoms. The molecule has 0 bridgehead atoms. The monoisotopic (exact) mass is 149 g/mol. The highest BCUT2D eigenvalue weighted by atomic mass is 16.3. The molecule has 0 aromatic heterocycles. The molecule has 2 heteroatoms. The Morgan fingerprint density at radius 2 is 1.82 bits per heavy atom. The average molecular weight is 149 g/mol. The lowest BCUT2D eigenvalue weighted by Gasteiger charge is -1.97. The fourth-order valence-corrected chi connectivity index (χ4v) is 1.32. The number of phenols is 1. The first-order chi connectivity index (χ1) is 5.27. The maximum atomic E-state index is 8.99. The fraction of sp³-hybridized carbons (Fsp3) is 0.333. The van der Waals surface area contributed by atoms with Gasteiger partial charge in [-0.25, -0.2) is 0 Å². The second-order valence-electron chi connectivity index (χ2n) is 3.10. The van der Waals surface area contributed by atoms with E-state index in [1.54, 1.807) is 12.1 Å². The lowest BCUT2D eigenvalue weighted by molar-refractivity contribution is 0.475. The summed E-state index contributed by atoms with van der Waals surface area (Å²) < 4.78 is 0. The third-order valence-corrected chi connectivity index (χ3v) is 2.16. The second-order valence-corrected chi connectivity index (χ2v) is 3.10. The summed E-state index contributed by atoms with van der Waals surface area (Å²) >= 11 is 0. The highest BCUT2D eigenvalue weighted by Crippen LogP contribution is 2.39. The number of aromatic hydroxyl groups is 1. The molecule has 1 aliphatic rings. The van der Waals surface area contributed by atoms with Crippen LogP contribution in [-0.2, 0) is 0 Å². The van der Waals surface area contributed by atoms with Crippen molar-refractivity contribution in [3.63, 3.8) is 0 Å². The van der Waals surface area contributed by atoms with Crippen LogP contribution in [0.3, 0.4) is 0 Å².